The van der Waals surface area contributed by atoms with Crippen molar-refractivity contribution in [3.05, 3.63) is 28.2 Å². The first kappa shape index (κ1) is 14.9. The van der Waals surface area contributed by atoms with Gasteiger partial charge in [-0.1, -0.05) is 6.07 Å². The highest BCUT2D eigenvalue weighted by atomic mass is 79.9. The third-order valence-corrected chi connectivity index (χ3v) is 3.13. The molecule has 2 atom stereocenters. The molecule has 5 nitrogen and oxygen atoms in total. The van der Waals surface area contributed by atoms with E-state index in [0.717, 1.165) is 0 Å². The van der Waals surface area contributed by atoms with E-state index in [9.17, 15) is 20.1 Å². The molecular formula is C12H16BrNO4. The Balaban J connectivity index is 2.59. The molecule has 0 aliphatic rings. The zero-order valence-corrected chi connectivity index (χ0v) is 11.5. The topological polar surface area (TPSA) is 89.8 Å². The highest BCUT2D eigenvalue weighted by Crippen LogP contribution is 2.28. The molecule has 1 aromatic carbocycles. The van der Waals surface area contributed by atoms with Crippen LogP contribution < -0.4 is 5.32 Å². The molecule has 0 saturated carbocycles. The van der Waals surface area contributed by atoms with Crippen molar-refractivity contribution in [3.8, 4) is 5.75 Å². The zero-order chi connectivity index (χ0) is 13.7. The Hall–Kier alpha value is -1.11. The van der Waals surface area contributed by atoms with E-state index < -0.39 is 12.2 Å². The second kappa shape index (κ2) is 6.72. The minimum Gasteiger partial charge on any atom is -0.507 e. The molecule has 0 aliphatic heterocycles. The van der Waals surface area contributed by atoms with Crippen LogP contribution in [0.1, 0.15) is 25.0 Å². The van der Waals surface area contributed by atoms with Gasteiger partial charge in [-0.25, -0.2) is 0 Å². The lowest BCUT2D eigenvalue weighted by atomic mass is 10.0. The predicted octanol–water partition coefficient (Wildman–Crippen LogP) is 1.08. The number of hydrogen-bond acceptors (Lipinski definition) is 4. The number of hydrogen-bond donors (Lipinski definition) is 4. The fraction of sp³-hybridized carbons (Fsp3) is 0.417. The van der Waals surface area contributed by atoms with Gasteiger partial charge in [-0.3, -0.25) is 4.79 Å². The van der Waals surface area contributed by atoms with Crippen LogP contribution in [0.5, 0.6) is 5.75 Å². The lowest BCUT2D eigenvalue weighted by molar-refractivity contribution is -0.119. The van der Waals surface area contributed by atoms with Crippen LogP contribution in [-0.2, 0) is 4.79 Å². The summed E-state index contributed by atoms with van der Waals surface area (Å²) < 4.78 is 0.452. The van der Waals surface area contributed by atoms with Gasteiger partial charge in [-0.2, -0.15) is 0 Å². The molecule has 0 fully saturated rings. The Morgan fingerprint density at radius 1 is 1.44 bits per heavy atom. The summed E-state index contributed by atoms with van der Waals surface area (Å²) >= 11 is 3.14. The number of nitrogens with one attached hydrogen (secondary N) is 1. The van der Waals surface area contributed by atoms with Crippen molar-refractivity contribution in [3.63, 3.8) is 0 Å². The van der Waals surface area contributed by atoms with Gasteiger partial charge in [-0.05, 0) is 40.0 Å². The summed E-state index contributed by atoms with van der Waals surface area (Å²) in [6.07, 6.45) is -1.79. The normalized spacial score (nSPS) is 14.0. The number of phenolic OH excluding ortho intramolecular Hbond substituents is 1. The summed E-state index contributed by atoms with van der Waals surface area (Å²) in [5, 5.41) is 31.5. The highest BCUT2D eigenvalue weighted by molar-refractivity contribution is 9.10. The molecule has 100 valence electrons. The van der Waals surface area contributed by atoms with Crippen molar-refractivity contribution in [2.45, 2.75) is 25.6 Å². The van der Waals surface area contributed by atoms with Gasteiger partial charge >= 0.3 is 0 Å². The van der Waals surface area contributed by atoms with Gasteiger partial charge in [0.2, 0.25) is 5.91 Å². The van der Waals surface area contributed by atoms with Crippen molar-refractivity contribution < 1.29 is 20.1 Å². The maximum absolute atomic E-state index is 10.7. The van der Waals surface area contributed by atoms with E-state index in [1.54, 1.807) is 6.07 Å². The molecule has 1 amide bonds. The third kappa shape index (κ3) is 4.29. The maximum Gasteiger partial charge on any atom is 0.216 e. The molecule has 1 rings (SSSR count). The van der Waals surface area contributed by atoms with E-state index in [4.69, 9.17) is 0 Å². The number of halogens is 1. The minimum atomic E-state index is -1.06. The van der Waals surface area contributed by atoms with Crippen LogP contribution in [0.2, 0.25) is 0 Å². The first-order valence-corrected chi connectivity index (χ1v) is 6.30. The standard InChI is InChI=1S/C12H16BrNO4/c1-7(15)14-5-4-11(17)12(18)8-2-3-10(16)9(13)6-8/h2-3,6,11-12,16-18H,4-5H2,1H3,(H,14,15). The summed E-state index contributed by atoms with van der Waals surface area (Å²) in [6, 6.07) is 4.51. The molecule has 0 spiro atoms. The number of aliphatic hydroxyl groups excluding tert-OH is 2. The molecule has 1 aromatic rings. The van der Waals surface area contributed by atoms with Gasteiger partial charge in [0.1, 0.15) is 11.9 Å². The molecule has 0 aliphatic carbocycles. The molecular weight excluding hydrogens is 302 g/mol. The molecule has 4 N–H and O–H groups in total. The van der Waals surface area contributed by atoms with Gasteiger partial charge in [0.15, 0.2) is 0 Å². The predicted molar refractivity (Wildman–Crippen MR) is 70.1 cm³/mol. The van der Waals surface area contributed by atoms with E-state index in [1.807, 2.05) is 0 Å². The lowest BCUT2D eigenvalue weighted by Crippen LogP contribution is -2.27. The summed E-state index contributed by atoms with van der Waals surface area (Å²) in [6.45, 7) is 1.69. The number of amides is 1. The van der Waals surface area contributed by atoms with Gasteiger partial charge < -0.3 is 20.6 Å². The molecule has 0 radical (unpaired) electrons. The summed E-state index contributed by atoms with van der Waals surface area (Å²) in [7, 11) is 0. The van der Waals surface area contributed by atoms with Crippen LogP contribution in [0.3, 0.4) is 0 Å². The fourth-order valence-corrected chi connectivity index (χ4v) is 1.88. The molecule has 18 heavy (non-hydrogen) atoms. The molecule has 0 aromatic heterocycles. The SMILES string of the molecule is CC(=O)NCCC(O)C(O)c1ccc(O)c(Br)c1. The molecule has 0 saturated heterocycles. The van der Waals surface area contributed by atoms with Crippen LogP contribution in [-0.4, -0.2) is 33.9 Å². The monoisotopic (exact) mass is 317 g/mol. The minimum absolute atomic E-state index is 0.0682. The van der Waals surface area contributed by atoms with Gasteiger partial charge in [0.05, 0.1) is 10.6 Å². The quantitative estimate of drug-likeness (QED) is 0.654. The van der Waals surface area contributed by atoms with Gasteiger partial charge in [0, 0.05) is 13.5 Å². The number of rotatable bonds is 5. The zero-order valence-electron chi connectivity index (χ0n) is 9.93. The van der Waals surface area contributed by atoms with Crippen molar-refractivity contribution >= 4 is 21.8 Å². The average molecular weight is 318 g/mol. The number of carbonyl (C=O) groups excluding carboxylic acids is 1. The first-order valence-electron chi connectivity index (χ1n) is 5.50. The van der Waals surface area contributed by atoms with Crippen LogP contribution in [0.4, 0.5) is 0 Å². The molecule has 0 heterocycles. The molecule has 6 heteroatoms. The number of aromatic hydroxyl groups is 1. The van der Waals surface area contributed by atoms with Crippen LogP contribution in [0.25, 0.3) is 0 Å². The third-order valence-electron chi connectivity index (χ3n) is 2.49. The second-order valence-corrected chi connectivity index (χ2v) is 4.85. The smallest absolute Gasteiger partial charge is 0.216 e. The maximum atomic E-state index is 10.7. The first-order chi connectivity index (χ1) is 8.41. The van der Waals surface area contributed by atoms with E-state index >= 15 is 0 Å². The number of benzene rings is 1. The Labute approximate surface area is 114 Å². The Morgan fingerprint density at radius 3 is 2.67 bits per heavy atom. The summed E-state index contributed by atoms with van der Waals surface area (Å²) in [5.74, 6) is -0.109. The van der Waals surface area contributed by atoms with Crippen molar-refractivity contribution in [2.24, 2.45) is 0 Å². The van der Waals surface area contributed by atoms with Crippen molar-refractivity contribution in [1.82, 2.24) is 5.32 Å². The molecule has 0 bridgehead atoms. The van der Waals surface area contributed by atoms with E-state index in [1.165, 1.54) is 19.1 Å². The second-order valence-electron chi connectivity index (χ2n) is 3.99. The number of aliphatic hydroxyl groups is 2. The van der Waals surface area contributed by atoms with Gasteiger partial charge in [-0.15, -0.1) is 0 Å². The lowest BCUT2D eigenvalue weighted by Gasteiger charge is -2.18. The number of phenols is 1. The number of carbonyl (C=O) groups is 1. The van der Waals surface area contributed by atoms with E-state index in [0.29, 0.717) is 16.6 Å². The van der Waals surface area contributed by atoms with Crippen LogP contribution >= 0.6 is 15.9 Å². The van der Waals surface area contributed by atoms with Gasteiger partial charge in [0.25, 0.3) is 0 Å². The molecule has 2 unspecified atom stereocenters. The van der Waals surface area contributed by atoms with Crippen molar-refractivity contribution in [1.29, 1.82) is 0 Å². The Morgan fingerprint density at radius 2 is 2.11 bits per heavy atom. The van der Waals surface area contributed by atoms with Crippen molar-refractivity contribution in [2.75, 3.05) is 6.54 Å². The highest BCUT2D eigenvalue weighted by Gasteiger charge is 2.18. The Bertz CT molecular complexity index is 425. The Kier molecular flexibility index (Phi) is 5.58. The average Bonchev–Trinajstić information content (AvgIpc) is 2.31. The van der Waals surface area contributed by atoms with Crippen LogP contribution in [0.15, 0.2) is 22.7 Å². The van der Waals surface area contributed by atoms with E-state index in [2.05, 4.69) is 21.2 Å². The fourth-order valence-electron chi connectivity index (χ4n) is 1.48. The summed E-state index contributed by atoms with van der Waals surface area (Å²) in [5.41, 5.74) is 0.495. The van der Waals surface area contributed by atoms with Crippen LogP contribution in [0, 0.1) is 0 Å². The van der Waals surface area contributed by atoms with E-state index in [-0.39, 0.29) is 18.1 Å². The summed E-state index contributed by atoms with van der Waals surface area (Å²) in [4.78, 5) is 10.7. The largest absolute Gasteiger partial charge is 0.507 e.